The number of aromatic nitrogens is 1. The molecule has 1 unspecified atom stereocenters. The third-order valence-corrected chi connectivity index (χ3v) is 4.50. The summed E-state index contributed by atoms with van der Waals surface area (Å²) in [5, 5.41) is 6.46. The molecule has 142 valence electrons. The molecule has 2 aromatic rings. The Morgan fingerprint density at radius 2 is 2.22 bits per heavy atom. The fourth-order valence-corrected chi connectivity index (χ4v) is 3.06. The highest BCUT2D eigenvalue weighted by Crippen LogP contribution is 2.25. The van der Waals surface area contributed by atoms with Crippen LogP contribution < -0.4 is 15.5 Å². The summed E-state index contributed by atoms with van der Waals surface area (Å²) in [6.07, 6.45) is 2.14. The first-order valence-corrected chi connectivity index (χ1v) is 9.03. The molecule has 1 fully saturated rings. The van der Waals surface area contributed by atoms with Gasteiger partial charge in [-0.1, -0.05) is 17.7 Å². The van der Waals surface area contributed by atoms with Crippen LogP contribution in [-0.2, 0) is 9.53 Å². The van der Waals surface area contributed by atoms with Crippen LogP contribution >= 0.6 is 11.6 Å². The lowest BCUT2D eigenvalue weighted by Gasteiger charge is -2.17. The number of rotatable bonds is 7. The van der Waals surface area contributed by atoms with Crippen molar-refractivity contribution in [3.63, 3.8) is 0 Å². The minimum atomic E-state index is -0.363. The van der Waals surface area contributed by atoms with E-state index in [2.05, 4.69) is 15.6 Å². The van der Waals surface area contributed by atoms with Gasteiger partial charge in [-0.2, -0.15) is 0 Å². The topological polar surface area (TPSA) is 83.6 Å². The SMILES string of the molecule is COCCNC(=O)c1ccc(NC2CCN(c3cccc(Cl)c3)C2=O)nc1. The molecular formula is C19H21ClN4O3. The molecule has 1 aromatic heterocycles. The summed E-state index contributed by atoms with van der Waals surface area (Å²) in [4.78, 5) is 30.6. The van der Waals surface area contributed by atoms with E-state index < -0.39 is 0 Å². The van der Waals surface area contributed by atoms with Crippen LogP contribution in [-0.4, -0.2) is 49.6 Å². The fourth-order valence-electron chi connectivity index (χ4n) is 2.87. The summed E-state index contributed by atoms with van der Waals surface area (Å²) in [6, 6.07) is 10.2. The van der Waals surface area contributed by atoms with Gasteiger partial charge in [0, 0.05) is 37.1 Å². The smallest absolute Gasteiger partial charge is 0.252 e. The van der Waals surface area contributed by atoms with Crippen molar-refractivity contribution in [1.29, 1.82) is 0 Å². The highest BCUT2D eigenvalue weighted by Gasteiger charge is 2.32. The van der Waals surface area contributed by atoms with Gasteiger partial charge in [0.15, 0.2) is 0 Å². The molecule has 27 heavy (non-hydrogen) atoms. The van der Waals surface area contributed by atoms with E-state index in [1.54, 1.807) is 36.3 Å². The van der Waals surface area contributed by atoms with Gasteiger partial charge in [-0.25, -0.2) is 4.98 Å². The Bertz CT molecular complexity index is 813. The number of benzene rings is 1. The highest BCUT2D eigenvalue weighted by atomic mass is 35.5. The summed E-state index contributed by atoms with van der Waals surface area (Å²) in [7, 11) is 1.58. The van der Waals surface area contributed by atoms with Crippen molar-refractivity contribution in [1.82, 2.24) is 10.3 Å². The van der Waals surface area contributed by atoms with Crippen LogP contribution in [0.2, 0.25) is 5.02 Å². The van der Waals surface area contributed by atoms with Gasteiger partial charge >= 0.3 is 0 Å². The number of hydrogen-bond acceptors (Lipinski definition) is 5. The summed E-state index contributed by atoms with van der Waals surface area (Å²) < 4.78 is 4.90. The molecule has 7 nitrogen and oxygen atoms in total. The molecule has 0 spiro atoms. The molecule has 2 heterocycles. The molecule has 2 N–H and O–H groups in total. The second kappa shape index (κ2) is 8.83. The molecule has 1 aromatic carbocycles. The molecule has 1 saturated heterocycles. The van der Waals surface area contributed by atoms with Crippen LogP contribution in [0.3, 0.4) is 0 Å². The van der Waals surface area contributed by atoms with E-state index in [1.807, 2.05) is 12.1 Å². The normalized spacial score (nSPS) is 16.4. The van der Waals surface area contributed by atoms with Crippen molar-refractivity contribution in [2.45, 2.75) is 12.5 Å². The first-order chi connectivity index (χ1) is 13.1. The zero-order valence-corrected chi connectivity index (χ0v) is 15.7. The third-order valence-electron chi connectivity index (χ3n) is 4.26. The second-order valence-corrected chi connectivity index (χ2v) is 6.57. The molecule has 0 saturated carbocycles. The average molecular weight is 389 g/mol. The van der Waals surface area contributed by atoms with Gasteiger partial charge in [0.2, 0.25) is 5.91 Å². The van der Waals surface area contributed by atoms with Crippen molar-refractivity contribution >= 4 is 34.9 Å². The number of pyridine rings is 1. The molecule has 3 rings (SSSR count). The van der Waals surface area contributed by atoms with Gasteiger partial charge in [0.1, 0.15) is 11.9 Å². The van der Waals surface area contributed by atoms with Crippen molar-refractivity contribution < 1.29 is 14.3 Å². The van der Waals surface area contributed by atoms with Gasteiger partial charge in [-0.15, -0.1) is 0 Å². The first kappa shape index (κ1) is 19.1. The lowest BCUT2D eigenvalue weighted by molar-refractivity contribution is -0.117. The number of nitrogens with zero attached hydrogens (tertiary/aromatic N) is 2. The molecule has 0 bridgehead atoms. The molecule has 1 aliphatic rings. The molecule has 1 atom stereocenters. The van der Waals surface area contributed by atoms with E-state index in [0.717, 1.165) is 5.69 Å². The van der Waals surface area contributed by atoms with E-state index in [1.165, 1.54) is 6.20 Å². The molecular weight excluding hydrogens is 368 g/mol. The number of methoxy groups -OCH3 is 1. The summed E-state index contributed by atoms with van der Waals surface area (Å²) in [6.45, 7) is 1.49. The Balaban J connectivity index is 1.59. The summed E-state index contributed by atoms with van der Waals surface area (Å²) in [5.41, 5.74) is 1.24. The van der Waals surface area contributed by atoms with Crippen LogP contribution in [0, 0.1) is 0 Å². The van der Waals surface area contributed by atoms with E-state index in [0.29, 0.717) is 42.5 Å². The molecule has 2 amide bonds. The maximum absolute atomic E-state index is 12.7. The fraction of sp³-hybridized carbons (Fsp3) is 0.316. The van der Waals surface area contributed by atoms with E-state index in [9.17, 15) is 9.59 Å². The van der Waals surface area contributed by atoms with E-state index in [4.69, 9.17) is 16.3 Å². The number of amides is 2. The van der Waals surface area contributed by atoms with Gasteiger partial charge in [-0.05, 0) is 36.8 Å². The van der Waals surface area contributed by atoms with Crippen LogP contribution in [0.25, 0.3) is 0 Å². The number of anilines is 2. The molecule has 0 aliphatic carbocycles. The van der Waals surface area contributed by atoms with Gasteiger partial charge in [0.25, 0.3) is 5.91 Å². The highest BCUT2D eigenvalue weighted by molar-refractivity contribution is 6.31. The summed E-state index contributed by atoms with van der Waals surface area (Å²) in [5.74, 6) is 0.311. The van der Waals surface area contributed by atoms with Crippen LogP contribution in [0.5, 0.6) is 0 Å². The van der Waals surface area contributed by atoms with Gasteiger partial charge < -0.3 is 20.3 Å². The Hall–Kier alpha value is -2.64. The number of carbonyl (C=O) groups is 2. The lowest BCUT2D eigenvalue weighted by Crippen LogP contribution is -2.33. The Morgan fingerprint density at radius 1 is 1.37 bits per heavy atom. The largest absolute Gasteiger partial charge is 0.383 e. The standard InChI is InChI=1S/C19H21ClN4O3/c1-27-10-8-21-18(25)13-5-6-17(22-12-13)23-16-7-9-24(19(16)26)15-4-2-3-14(20)11-15/h2-6,11-12,16H,7-10H2,1H3,(H,21,25)(H,22,23). The maximum Gasteiger partial charge on any atom is 0.252 e. The number of hydrogen-bond donors (Lipinski definition) is 2. The van der Waals surface area contributed by atoms with Crippen molar-refractivity contribution in [3.05, 3.63) is 53.2 Å². The van der Waals surface area contributed by atoms with Gasteiger partial charge in [-0.3, -0.25) is 9.59 Å². The Labute approximate surface area is 162 Å². The number of nitrogens with one attached hydrogen (secondary N) is 2. The van der Waals surface area contributed by atoms with Crippen LogP contribution in [0.15, 0.2) is 42.6 Å². The maximum atomic E-state index is 12.7. The monoisotopic (exact) mass is 388 g/mol. The Morgan fingerprint density at radius 3 is 2.93 bits per heavy atom. The number of ether oxygens (including phenoxy) is 1. The minimum Gasteiger partial charge on any atom is -0.383 e. The predicted octanol–water partition coefficient (Wildman–Crippen LogP) is 2.33. The minimum absolute atomic E-state index is 0.0274. The molecule has 1 aliphatic heterocycles. The van der Waals surface area contributed by atoms with E-state index >= 15 is 0 Å². The summed E-state index contributed by atoms with van der Waals surface area (Å²) >= 11 is 6.01. The average Bonchev–Trinajstić information content (AvgIpc) is 3.03. The zero-order valence-electron chi connectivity index (χ0n) is 14.9. The van der Waals surface area contributed by atoms with Crippen molar-refractivity contribution in [2.75, 3.05) is 37.0 Å². The number of carbonyl (C=O) groups excluding carboxylic acids is 2. The predicted molar refractivity (Wildman–Crippen MR) is 104 cm³/mol. The third kappa shape index (κ3) is 4.75. The molecule has 8 heteroatoms. The van der Waals surface area contributed by atoms with Crippen molar-refractivity contribution in [2.24, 2.45) is 0 Å². The molecule has 0 radical (unpaired) electrons. The van der Waals surface area contributed by atoms with Crippen molar-refractivity contribution in [3.8, 4) is 0 Å². The number of halogens is 1. The van der Waals surface area contributed by atoms with Crippen LogP contribution in [0.4, 0.5) is 11.5 Å². The zero-order chi connectivity index (χ0) is 19.2. The Kier molecular flexibility index (Phi) is 6.26. The van der Waals surface area contributed by atoms with Crippen LogP contribution in [0.1, 0.15) is 16.8 Å². The van der Waals surface area contributed by atoms with E-state index in [-0.39, 0.29) is 17.9 Å². The second-order valence-electron chi connectivity index (χ2n) is 6.14. The lowest BCUT2D eigenvalue weighted by atomic mass is 10.2. The van der Waals surface area contributed by atoms with Gasteiger partial charge in [0.05, 0.1) is 12.2 Å². The first-order valence-electron chi connectivity index (χ1n) is 8.65. The quantitative estimate of drug-likeness (QED) is 0.711.